The van der Waals surface area contributed by atoms with Gasteiger partial charge in [0.25, 0.3) is 0 Å². The Morgan fingerprint density at radius 2 is 1.76 bits per heavy atom. The second kappa shape index (κ2) is 4.95. The van der Waals surface area contributed by atoms with Crippen LogP contribution in [0.1, 0.15) is 60.3 Å². The van der Waals surface area contributed by atoms with Crippen LogP contribution in [-0.4, -0.2) is 55.1 Å². The zero-order valence-electron chi connectivity index (χ0n) is 13.6. The molecule has 6 heteroatoms. The van der Waals surface area contributed by atoms with Crippen LogP contribution >= 0.6 is 0 Å². The minimum Gasteiger partial charge on any atom is -0.457 e. The molecule has 120 valence electrons. The van der Waals surface area contributed by atoms with Crippen molar-refractivity contribution in [2.24, 2.45) is 0 Å². The van der Waals surface area contributed by atoms with Crippen molar-refractivity contribution in [3.05, 3.63) is 0 Å². The summed E-state index contributed by atoms with van der Waals surface area (Å²) in [6.07, 6.45) is 3.67. The first-order valence-corrected chi connectivity index (χ1v) is 7.51. The fourth-order valence-electron chi connectivity index (χ4n) is 3.52. The Bertz CT molecular complexity index is 454. The van der Waals surface area contributed by atoms with Crippen molar-refractivity contribution >= 4 is 12.2 Å². The molecule has 0 bridgehead atoms. The highest BCUT2D eigenvalue weighted by Gasteiger charge is 2.53. The van der Waals surface area contributed by atoms with Crippen molar-refractivity contribution in [2.45, 2.75) is 83.0 Å². The molecule has 2 heterocycles. The molecule has 2 aliphatic rings. The van der Waals surface area contributed by atoms with Gasteiger partial charge in [-0.15, -0.1) is 0 Å². The standard InChI is InChI=1S/C15H27N2O4/c1-13(2)9-11(10-14(3,4)17(13)20)21-12(18)15(5)7-6-8-16(15)19/h8,11,19-20H,6-7,9-10H2,1-5H3/q+1. The van der Waals surface area contributed by atoms with E-state index in [2.05, 4.69) is 0 Å². The average molecular weight is 299 g/mol. The maximum absolute atomic E-state index is 12.4. The van der Waals surface area contributed by atoms with Crippen molar-refractivity contribution in [2.75, 3.05) is 0 Å². The van der Waals surface area contributed by atoms with E-state index in [0.29, 0.717) is 25.7 Å². The summed E-state index contributed by atoms with van der Waals surface area (Å²) in [5.74, 6) is -0.401. The van der Waals surface area contributed by atoms with Gasteiger partial charge in [-0.25, -0.2) is 4.79 Å². The minimum atomic E-state index is -0.995. The van der Waals surface area contributed by atoms with E-state index >= 15 is 0 Å². The highest BCUT2D eigenvalue weighted by Crippen LogP contribution is 2.38. The molecule has 0 aliphatic carbocycles. The number of carbonyl (C=O) groups is 1. The van der Waals surface area contributed by atoms with E-state index in [1.54, 1.807) is 13.1 Å². The van der Waals surface area contributed by atoms with Gasteiger partial charge in [0.2, 0.25) is 0 Å². The van der Waals surface area contributed by atoms with Gasteiger partial charge in [-0.05, 0) is 32.4 Å². The van der Waals surface area contributed by atoms with Crippen LogP contribution in [0.2, 0.25) is 0 Å². The van der Waals surface area contributed by atoms with Crippen LogP contribution in [-0.2, 0) is 9.53 Å². The molecule has 1 saturated heterocycles. The van der Waals surface area contributed by atoms with Gasteiger partial charge in [-0.1, -0.05) is 0 Å². The summed E-state index contributed by atoms with van der Waals surface area (Å²) in [5, 5.41) is 21.4. The molecule has 2 aliphatic heterocycles. The van der Waals surface area contributed by atoms with Crippen LogP contribution in [0, 0.1) is 0 Å². The Morgan fingerprint density at radius 1 is 1.24 bits per heavy atom. The molecule has 0 spiro atoms. The third-order valence-electron chi connectivity index (χ3n) is 4.75. The lowest BCUT2D eigenvalue weighted by atomic mass is 9.80. The molecule has 2 rings (SSSR count). The number of hydroxylamine groups is 3. The number of nitrogens with zero attached hydrogens (tertiary/aromatic N) is 2. The van der Waals surface area contributed by atoms with E-state index < -0.39 is 22.6 Å². The van der Waals surface area contributed by atoms with E-state index in [-0.39, 0.29) is 6.10 Å². The number of rotatable bonds is 2. The van der Waals surface area contributed by atoms with Gasteiger partial charge in [0.05, 0.1) is 0 Å². The lowest BCUT2D eigenvalue weighted by Gasteiger charge is -2.51. The molecule has 0 radical (unpaired) electrons. The molecule has 0 amide bonds. The van der Waals surface area contributed by atoms with Crippen molar-refractivity contribution in [3.63, 3.8) is 0 Å². The van der Waals surface area contributed by atoms with Gasteiger partial charge in [0.15, 0.2) is 6.21 Å². The van der Waals surface area contributed by atoms with Crippen LogP contribution in [0.5, 0.6) is 0 Å². The third kappa shape index (κ3) is 2.79. The summed E-state index contributed by atoms with van der Waals surface area (Å²) in [6.45, 7) is 9.41. The number of ether oxygens (including phenoxy) is 1. The topological polar surface area (TPSA) is 73.0 Å². The molecule has 1 fully saturated rings. The van der Waals surface area contributed by atoms with Gasteiger partial charge < -0.3 is 9.94 Å². The number of hydrogen-bond acceptors (Lipinski definition) is 5. The smallest absolute Gasteiger partial charge is 0.383 e. The number of esters is 1. The second-order valence-electron chi connectivity index (χ2n) is 7.71. The normalized spacial score (nSPS) is 32.8. The van der Waals surface area contributed by atoms with Crippen LogP contribution in [0.3, 0.4) is 0 Å². The Hall–Kier alpha value is -1.14. The van der Waals surface area contributed by atoms with Crippen LogP contribution in [0.4, 0.5) is 0 Å². The molecule has 21 heavy (non-hydrogen) atoms. The Balaban J connectivity index is 2.10. The monoisotopic (exact) mass is 299 g/mol. The largest absolute Gasteiger partial charge is 0.457 e. The summed E-state index contributed by atoms with van der Waals surface area (Å²) >= 11 is 0. The van der Waals surface area contributed by atoms with Crippen molar-refractivity contribution < 1.29 is 24.7 Å². The Labute approximate surface area is 125 Å². The van der Waals surface area contributed by atoms with Crippen LogP contribution < -0.4 is 0 Å². The highest BCUT2D eigenvalue weighted by molar-refractivity contribution is 5.81. The van der Waals surface area contributed by atoms with Gasteiger partial charge in [-0.3, -0.25) is 5.21 Å². The number of carbonyl (C=O) groups excluding carboxylic acids is 1. The zero-order valence-corrected chi connectivity index (χ0v) is 13.6. The van der Waals surface area contributed by atoms with Gasteiger partial charge in [-0.2, -0.15) is 5.06 Å². The zero-order chi connectivity index (χ0) is 16.1. The summed E-state index contributed by atoms with van der Waals surface area (Å²) < 4.78 is 6.63. The lowest BCUT2D eigenvalue weighted by molar-refractivity contribution is -0.807. The van der Waals surface area contributed by atoms with Crippen LogP contribution in [0.15, 0.2) is 0 Å². The number of piperidine rings is 1. The maximum atomic E-state index is 12.4. The molecular formula is C15H27N2O4+. The van der Waals surface area contributed by atoms with Crippen LogP contribution in [0.25, 0.3) is 0 Å². The Morgan fingerprint density at radius 3 is 2.19 bits per heavy atom. The first-order valence-electron chi connectivity index (χ1n) is 7.51. The van der Waals surface area contributed by atoms with E-state index in [9.17, 15) is 15.2 Å². The molecule has 2 N–H and O–H groups in total. The van der Waals surface area contributed by atoms with Gasteiger partial charge >= 0.3 is 11.5 Å². The molecule has 1 atom stereocenters. The first kappa shape index (κ1) is 16.2. The molecule has 0 aromatic rings. The predicted octanol–water partition coefficient (Wildman–Crippen LogP) is 1.97. The molecule has 0 aromatic carbocycles. The first-order chi connectivity index (χ1) is 9.49. The second-order valence-corrected chi connectivity index (χ2v) is 7.71. The van der Waals surface area contributed by atoms with E-state index in [1.807, 2.05) is 27.7 Å². The molecular weight excluding hydrogens is 272 g/mol. The molecule has 1 unspecified atom stereocenters. The fourth-order valence-corrected chi connectivity index (χ4v) is 3.52. The molecule has 0 aromatic heterocycles. The van der Waals surface area contributed by atoms with Gasteiger partial charge in [0.1, 0.15) is 6.10 Å². The van der Waals surface area contributed by atoms with E-state index in [0.717, 1.165) is 4.74 Å². The lowest BCUT2D eigenvalue weighted by Crippen LogP contribution is -2.61. The summed E-state index contributed by atoms with van der Waals surface area (Å²) in [6, 6.07) is 0. The van der Waals surface area contributed by atoms with Crippen molar-refractivity contribution in [3.8, 4) is 0 Å². The minimum absolute atomic E-state index is 0.267. The van der Waals surface area contributed by atoms with Gasteiger partial charge in [0, 0.05) is 43.7 Å². The molecule has 0 saturated carbocycles. The predicted molar refractivity (Wildman–Crippen MR) is 76.6 cm³/mol. The van der Waals surface area contributed by atoms with E-state index in [4.69, 9.17) is 4.74 Å². The average Bonchev–Trinajstić information content (AvgIpc) is 2.67. The SMILES string of the molecule is CC1(C)CC(OC(=O)C2(C)CCC=[N+]2O)CC(C)(C)N1O. The number of hydrogen-bond donors (Lipinski definition) is 2. The quantitative estimate of drug-likeness (QED) is 0.463. The highest BCUT2D eigenvalue weighted by atomic mass is 16.6. The third-order valence-corrected chi connectivity index (χ3v) is 4.75. The van der Waals surface area contributed by atoms with Crippen molar-refractivity contribution in [1.29, 1.82) is 0 Å². The summed E-state index contributed by atoms with van der Waals surface area (Å²) in [5.41, 5.74) is -1.92. The van der Waals surface area contributed by atoms with Crippen molar-refractivity contribution in [1.82, 2.24) is 5.06 Å². The maximum Gasteiger partial charge on any atom is 0.383 e. The Kier molecular flexibility index (Phi) is 3.83. The van der Waals surface area contributed by atoms with E-state index in [1.165, 1.54) is 5.06 Å². The fraction of sp³-hybridized carbons (Fsp3) is 0.867. The molecule has 6 nitrogen and oxygen atoms in total. The summed E-state index contributed by atoms with van der Waals surface area (Å²) in [7, 11) is 0. The summed E-state index contributed by atoms with van der Waals surface area (Å²) in [4.78, 5) is 12.4.